The van der Waals surface area contributed by atoms with Crippen LogP contribution in [0.3, 0.4) is 0 Å². The van der Waals surface area contributed by atoms with E-state index in [1.54, 1.807) is 45.9 Å². The van der Waals surface area contributed by atoms with Gasteiger partial charge in [-0.15, -0.1) is 23.1 Å². The van der Waals surface area contributed by atoms with Crippen molar-refractivity contribution in [1.29, 1.82) is 0 Å². The maximum Gasteiger partial charge on any atom is 0.352 e. The van der Waals surface area contributed by atoms with E-state index in [0.29, 0.717) is 36.8 Å². The minimum atomic E-state index is -0.984. The molecule has 0 fully saturated rings. The number of ether oxygens (including phenoxy) is 1. The minimum absolute atomic E-state index is 0.0760. The zero-order valence-corrected chi connectivity index (χ0v) is 30.0. The van der Waals surface area contributed by atoms with Gasteiger partial charge in [0.05, 0.1) is 36.7 Å². The first-order chi connectivity index (χ1) is 23.3. The Kier molecular flexibility index (Phi) is 11.0. The third-order valence-corrected chi connectivity index (χ3v) is 11.6. The predicted molar refractivity (Wildman–Crippen MR) is 198 cm³/mol. The van der Waals surface area contributed by atoms with Crippen LogP contribution in [0.5, 0.6) is 5.75 Å². The van der Waals surface area contributed by atoms with Gasteiger partial charge in [0.1, 0.15) is 16.5 Å². The largest absolute Gasteiger partial charge is 0.491 e. The molecule has 8 bridgehead atoms. The molecule has 0 atom stereocenters. The molecule has 2 aromatic heterocycles. The predicted octanol–water partition coefficient (Wildman–Crippen LogP) is 7.34. The maximum absolute atomic E-state index is 12.7. The number of benzene rings is 2. The van der Waals surface area contributed by atoms with E-state index in [9.17, 15) is 15.0 Å². The number of hydrogen-bond donors (Lipinski definition) is 3. The molecule has 2 aromatic carbocycles. The number of rotatable bonds is 5. The average molecular weight is 708 g/mol. The van der Waals surface area contributed by atoms with Crippen molar-refractivity contribution in [3.63, 3.8) is 0 Å². The van der Waals surface area contributed by atoms with Gasteiger partial charge in [-0.05, 0) is 87.3 Å². The number of anilines is 1. The Morgan fingerprint density at radius 2 is 2.06 bits per heavy atom. The number of fused-ring (bicyclic) bond motifs is 6. The van der Waals surface area contributed by atoms with Crippen LogP contribution in [-0.4, -0.2) is 69.0 Å². The second kappa shape index (κ2) is 15.4. The van der Waals surface area contributed by atoms with Gasteiger partial charge in [-0.3, -0.25) is 5.01 Å². The lowest BCUT2D eigenvalue weighted by Gasteiger charge is -2.23. The van der Waals surface area contributed by atoms with E-state index in [4.69, 9.17) is 21.3 Å². The number of hydrazone groups is 1. The Balaban J connectivity index is 1.45. The highest BCUT2D eigenvalue weighted by atomic mass is 35.5. The van der Waals surface area contributed by atoms with Gasteiger partial charge in [-0.1, -0.05) is 23.7 Å². The molecule has 2 aliphatic heterocycles. The number of aromatic carboxylic acids is 1. The normalized spacial score (nSPS) is 16.9. The van der Waals surface area contributed by atoms with Crippen LogP contribution in [0.1, 0.15) is 68.1 Å². The molecule has 0 saturated heterocycles. The molecule has 9 nitrogen and oxygen atoms in total. The molecular weight excluding hydrogens is 666 g/mol. The number of hydrogen-bond acceptors (Lipinski definition) is 9. The number of thioether (sulfide) groups is 1. The van der Waals surface area contributed by atoms with Crippen molar-refractivity contribution in [3.05, 3.63) is 78.5 Å². The number of aliphatic hydroxyl groups is 1. The summed E-state index contributed by atoms with van der Waals surface area (Å²) in [6.45, 7) is 5.54. The Bertz CT molecular complexity index is 1880. The van der Waals surface area contributed by atoms with Gasteiger partial charge in [-0.2, -0.15) is 5.10 Å². The summed E-state index contributed by atoms with van der Waals surface area (Å²) in [5.74, 6) is 1.20. The van der Waals surface area contributed by atoms with Crippen LogP contribution in [0.15, 0.2) is 35.1 Å². The van der Waals surface area contributed by atoms with E-state index in [2.05, 4.69) is 29.5 Å². The van der Waals surface area contributed by atoms with Crippen molar-refractivity contribution in [3.8, 4) is 5.75 Å². The third kappa shape index (κ3) is 7.24. The number of nitrogens with one attached hydrogen (secondary N) is 1. The van der Waals surface area contributed by atoms with E-state index in [-0.39, 0.29) is 12.3 Å². The van der Waals surface area contributed by atoms with E-state index < -0.39 is 5.97 Å². The van der Waals surface area contributed by atoms with Crippen molar-refractivity contribution >= 4 is 69.5 Å². The Morgan fingerprint density at radius 1 is 1.21 bits per heavy atom. The number of halogens is 1. The molecule has 0 unspecified atom stereocenters. The fourth-order valence-electron chi connectivity index (χ4n) is 6.76. The first-order valence-electron chi connectivity index (χ1n) is 16.4. The van der Waals surface area contributed by atoms with Crippen LogP contribution in [0.2, 0.25) is 5.02 Å². The molecule has 0 saturated carbocycles. The quantitative estimate of drug-likeness (QED) is 0.146. The van der Waals surface area contributed by atoms with Crippen LogP contribution in [-0.2, 0) is 38.5 Å². The van der Waals surface area contributed by atoms with Crippen molar-refractivity contribution in [2.45, 2.75) is 58.1 Å². The summed E-state index contributed by atoms with van der Waals surface area (Å²) in [4.78, 5) is 18.9. The molecule has 0 amide bonds. The second-order valence-electron chi connectivity index (χ2n) is 12.1. The number of nitrogens with zero attached hydrogens (tertiary/aromatic N) is 4. The number of carboxylic acid groups (broad SMARTS) is 1. The van der Waals surface area contributed by atoms with E-state index in [0.717, 1.165) is 87.8 Å². The van der Waals surface area contributed by atoms with Crippen molar-refractivity contribution in [2.75, 3.05) is 37.4 Å². The van der Waals surface area contributed by atoms with Crippen LogP contribution >= 0.6 is 34.7 Å². The summed E-state index contributed by atoms with van der Waals surface area (Å²) in [7, 11) is 1.79. The molecule has 0 radical (unpaired) electrons. The Morgan fingerprint density at radius 3 is 2.85 bits per heavy atom. The number of aliphatic hydroxyl groups excluding tert-OH is 1. The summed E-state index contributed by atoms with van der Waals surface area (Å²) in [5.41, 5.74) is 8.04. The van der Waals surface area contributed by atoms with Gasteiger partial charge in [0.15, 0.2) is 0 Å². The zero-order valence-electron chi connectivity index (χ0n) is 27.6. The smallest absolute Gasteiger partial charge is 0.352 e. The molecule has 0 spiro atoms. The summed E-state index contributed by atoms with van der Waals surface area (Å²) < 4.78 is 8.20. The monoisotopic (exact) mass is 707 g/mol. The Labute approximate surface area is 294 Å². The van der Waals surface area contributed by atoms with Crippen LogP contribution in [0, 0.1) is 6.92 Å². The summed E-state index contributed by atoms with van der Waals surface area (Å²) >= 11 is 10.4. The molecule has 12 heteroatoms. The molecule has 4 heterocycles. The summed E-state index contributed by atoms with van der Waals surface area (Å²) in [6, 6.07) is 8.25. The van der Waals surface area contributed by atoms with Crippen LogP contribution in [0.4, 0.5) is 5.69 Å². The lowest BCUT2D eigenvalue weighted by molar-refractivity contribution is 0.0685. The van der Waals surface area contributed by atoms with Crippen molar-refractivity contribution < 1.29 is 19.7 Å². The number of carboxylic acids is 1. The first kappa shape index (κ1) is 34.4. The lowest BCUT2D eigenvalue weighted by Crippen LogP contribution is -2.22. The van der Waals surface area contributed by atoms with E-state index in [1.165, 1.54) is 16.0 Å². The minimum Gasteiger partial charge on any atom is -0.491 e. The summed E-state index contributed by atoms with van der Waals surface area (Å²) in [6.07, 6.45) is 8.79. The van der Waals surface area contributed by atoms with Crippen molar-refractivity contribution in [1.82, 2.24) is 14.6 Å². The Hall–Kier alpha value is -3.51. The molecule has 3 N–H and O–H groups in total. The SMILES string of the molecule is C/C=N/N(CCO)/C1=C/c2c(Cl)ccc3c(c(C(=O)O)n(C)c23)CCCOc2cc(cc3c2NCCC3)CCc2sc(nc2C)CSC1. The zero-order chi connectivity index (χ0) is 33.8. The highest BCUT2D eigenvalue weighted by Gasteiger charge is 2.24. The fourth-order valence-corrected chi connectivity index (χ4v) is 9.10. The summed E-state index contributed by atoms with van der Waals surface area (Å²) in [5, 5.41) is 32.6. The van der Waals surface area contributed by atoms with Gasteiger partial charge < -0.3 is 24.8 Å². The molecule has 4 aromatic rings. The first-order valence-corrected chi connectivity index (χ1v) is 18.8. The van der Waals surface area contributed by atoms with Gasteiger partial charge in [-0.25, -0.2) is 9.78 Å². The van der Waals surface area contributed by atoms with Crippen LogP contribution < -0.4 is 10.1 Å². The topological polar surface area (TPSA) is 112 Å². The fraction of sp³-hybridized carbons (Fsp3) is 0.417. The van der Waals surface area contributed by atoms with E-state index in [1.807, 2.05) is 25.1 Å². The number of thiazole rings is 1. The van der Waals surface area contributed by atoms with Gasteiger partial charge in [0.25, 0.3) is 0 Å². The third-order valence-electron chi connectivity index (χ3n) is 8.91. The molecule has 6 rings (SSSR count). The van der Waals surface area contributed by atoms with Gasteiger partial charge in [0.2, 0.25) is 0 Å². The average Bonchev–Trinajstić information content (AvgIpc) is 3.57. The number of aryl methyl sites for hydroxylation is 6. The standard InChI is InChI=1S/C36H42ClN5O4S2/c1-4-39-42(14-15-43)25-19-28-29(37)11-10-27-26(35(36(44)45)41(3)34(27)28)8-6-16-46-30-18-23(17-24-7-5-13-38-33(24)30)9-12-31-22(2)40-32(48-31)21-47-20-25/h4,10-11,17-19,38,43H,5-9,12-16,20-21H2,1-3H3,(H,44,45)/b25-19+,39-4+. The molecule has 48 heavy (non-hydrogen) atoms. The molecule has 254 valence electrons. The lowest BCUT2D eigenvalue weighted by atomic mass is 9.97. The number of carbonyl (C=O) groups is 1. The molecule has 2 aliphatic rings. The second-order valence-corrected chi connectivity index (χ2v) is 14.7. The number of aromatic nitrogens is 2. The van der Waals surface area contributed by atoms with E-state index >= 15 is 0 Å². The van der Waals surface area contributed by atoms with Crippen molar-refractivity contribution in [2.24, 2.45) is 12.1 Å². The highest BCUT2D eigenvalue weighted by molar-refractivity contribution is 7.98. The molecule has 0 aliphatic carbocycles. The van der Waals surface area contributed by atoms with Gasteiger partial charge >= 0.3 is 5.97 Å². The van der Waals surface area contributed by atoms with Gasteiger partial charge in [0, 0.05) is 57.9 Å². The highest BCUT2D eigenvalue weighted by Crippen LogP contribution is 2.37. The maximum atomic E-state index is 12.7. The van der Waals surface area contributed by atoms with Crippen LogP contribution in [0.25, 0.3) is 17.0 Å². The molecular formula is C36H42ClN5O4S2.